The summed E-state index contributed by atoms with van der Waals surface area (Å²) in [7, 11) is 0. The van der Waals surface area contributed by atoms with Gasteiger partial charge >= 0.3 is 0 Å². The van der Waals surface area contributed by atoms with Crippen molar-refractivity contribution in [3.63, 3.8) is 0 Å². The highest BCUT2D eigenvalue weighted by molar-refractivity contribution is 6.42. The molecule has 0 bridgehead atoms. The van der Waals surface area contributed by atoms with Crippen molar-refractivity contribution in [2.75, 3.05) is 0 Å². The first kappa shape index (κ1) is 13.1. The fourth-order valence-corrected chi connectivity index (χ4v) is 2.01. The zero-order valence-corrected chi connectivity index (χ0v) is 10.8. The van der Waals surface area contributed by atoms with Gasteiger partial charge in [-0.25, -0.2) is 4.39 Å². The number of benzene rings is 2. The highest BCUT2D eigenvalue weighted by Crippen LogP contribution is 2.26. The van der Waals surface area contributed by atoms with E-state index >= 15 is 0 Å². The minimum Gasteiger partial charge on any atom is -0.294 e. The summed E-state index contributed by atoms with van der Waals surface area (Å²) in [6.45, 7) is 0. The van der Waals surface area contributed by atoms with Crippen molar-refractivity contribution in [2.45, 2.75) is 6.42 Å². The number of ketones is 1. The van der Waals surface area contributed by atoms with Crippen LogP contribution in [0.25, 0.3) is 0 Å². The molecule has 0 saturated heterocycles. The van der Waals surface area contributed by atoms with Gasteiger partial charge in [-0.2, -0.15) is 0 Å². The van der Waals surface area contributed by atoms with E-state index in [1.807, 2.05) is 0 Å². The van der Waals surface area contributed by atoms with Gasteiger partial charge in [-0.1, -0.05) is 47.5 Å². The first-order valence-electron chi connectivity index (χ1n) is 5.29. The van der Waals surface area contributed by atoms with Crippen LogP contribution in [0.4, 0.5) is 4.39 Å². The number of carbonyl (C=O) groups is 1. The van der Waals surface area contributed by atoms with E-state index in [-0.39, 0.29) is 12.2 Å². The minimum atomic E-state index is -0.432. The molecular formula is C14H9Cl2FO. The van der Waals surface area contributed by atoms with E-state index in [0.717, 1.165) is 0 Å². The van der Waals surface area contributed by atoms with Gasteiger partial charge in [-0.3, -0.25) is 4.79 Å². The molecule has 2 aromatic carbocycles. The Labute approximate surface area is 114 Å². The maximum atomic E-state index is 13.0. The van der Waals surface area contributed by atoms with Crippen LogP contribution in [0.3, 0.4) is 0 Å². The molecule has 0 heterocycles. The lowest BCUT2D eigenvalue weighted by Gasteiger charge is -2.05. The molecule has 0 N–H and O–H groups in total. The first-order valence-corrected chi connectivity index (χ1v) is 6.05. The average molecular weight is 283 g/mol. The van der Waals surface area contributed by atoms with E-state index in [2.05, 4.69) is 0 Å². The highest BCUT2D eigenvalue weighted by atomic mass is 35.5. The van der Waals surface area contributed by atoms with Gasteiger partial charge in [0.15, 0.2) is 5.78 Å². The van der Waals surface area contributed by atoms with Gasteiger partial charge in [-0.05, 0) is 23.8 Å². The van der Waals surface area contributed by atoms with E-state index in [9.17, 15) is 9.18 Å². The van der Waals surface area contributed by atoms with Crippen LogP contribution in [-0.2, 0) is 6.42 Å². The quantitative estimate of drug-likeness (QED) is 0.755. The van der Waals surface area contributed by atoms with Crippen LogP contribution < -0.4 is 0 Å². The minimum absolute atomic E-state index is 0.100. The largest absolute Gasteiger partial charge is 0.294 e. The van der Waals surface area contributed by atoms with Gasteiger partial charge in [0.25, 0.3) is 0 Å². The molecular weight excluding hydrogens is 274 g/mol. The second-order valence-corrected chi connectivity index (χ2v) is 4.61. The molecule has 0 aliphatic rings. The molecule has 4 heteroatoms. The van der Waals surface area contributed by atoms with Crippen molar-refractivity contribution in [3.05, 3.63) is 69.5 Å². The number of carbonyl (C=O) groups excluding carboxylic acids is 1. The van der Waals surface area contributed by atoms with Crippen LogP contribution in [0, 0.1) is 5.82 Å². The Morgan fingerprint density at radius 1 is 1.11 bits per heavy atom. The van der Waals surface area contributed by atoms with Gasteiger partial charge in [0, 0.05) is 12.0 Å². The molecule has 0 amide bonds. The third-order valence-corrected chi connectivity index (χ3v) is 3.39. The molecule has 0 saturated carbocycles. The van der Waals surface area contributed by atoms with Crippen LogP contribution in [0.15, 0.2) is 42.5 Å². The summed E-state index contributed by atoms with van der Waals surface area (Å²) in [6, 6.07) is 10.7. The maximum absolute atomic E-state index is 13.0. The number of Topliss-reactive ketones (excluding diaryl/α,β-unsaturated/α-hetero) is 1. The van der Waals surface area contributed by atoms with Crippen LogP contribution in [0.1, 0.15) is 15.9 Å². The van der Waals surface area contributed by atoms with Crippen molar-refractivity contribution in [1.82, 2.24) is 0 Å². The van der Waals surface area contributed by atoms with Crippen molar-refractivity contribution in [1.29, 1.82) is 0 Å². The van der Waals surface area contributed by atoms with E-state index in [1.54, 1.807) is 24.3 Å². The van der Waals surface area contributed by atoms with E-state index in [4.69, 9.17) is 23.2 Å². The Balaban J connectivity index is 2.24. The summed E-state index contributed by atoms with van der Waals surface area (Å²) in [5.74, 6) is -0.628. The van der Waals surface area contributed by atoms with Gasteiger partial charge in [0.05, 0.1) is 10.0 Å². The van der Waals surface area contributed by atoms with Gasteiger partial charge in [0.1, 0.15) is 5.82 Å². The van der Waals surface area contributed by atoms with Gasteiger partial charge in [0.2, 0.25) is 0 Å². The molecule has 92 valence electrons. The second kappa shape index (κ2) is 5.51. The van der Waals surface area contributed by atoms with Crippen molar-refractivity contribution in [2.24, 2.45) is 0 Å². The number of hydrogen-bond donors (Lipinski definition) is 0. The van der Waals surface area contributed by atoms with Crippen molar-refractivity contribution < 1.29 is 9.18 Å². The summed E-state index contributed by atoms with van der Waals surface area (Å²) in [5, 5.41) is 0.769. The molecule has 0 unspecified atom stereocenters. The lowest BCUT2D eigenvalue weighted by Crippen LogP contribution is -2.04. The summed E-state index contributed by atoms with van der Waals surface area (Å²) in [6.07, 6.45) is 0.100. The van der Waals surface area contributed by atoms with Crippen LogP contribution in [0.2, 0.25) is 10.0 Å². The number of halogens is 3. The lowest BCUT2D eigenvalue weighted by atomic mass is 10.0. The summed E-state index contributed by atoms with van der Waals surface area (Å²) in [5.41, 5.74) is 0.962. The van der Waals surface area contributed by atoms with E-state index in [0.29, 0.717) is 21.2 Å². The van der Waals surface area contributed by atoms with Crippen LogP contribution in [0.5, 0.6) is 0 Å². The number of hydrogen-bond acceptors (Lipinski definition) is 1. The SMILES string of the molecule is O=C(Cc1cccc(Cl)c1Cl)c1cccc(F)c1. The molecule has 18 heavy (non-hydrogen) atoms. The standard InChI is InChI=1S/C14H9Cl2FO/c15-12-6-2-4-10(14(12)16)8-13(18)9-3-1-5-11(17)7-9/h1-7H,8H2. The average Bonchev–Trinajstić information content (AvgIpc) is 2.35. The maximum Gasteiger partial charge on any atom is 0.167 e. The smallest absolute Gasteiger partial charge is 0.167 e. The molecule has 2 rings (SSSR count). The van der Waals surface area contributed by atoms with E-state index < -0.39 is 5.82 Å². The predicted molar refractivity (Wildman–Crippen MR) is 70.9 cm³/mol. The molecule has 1 nitrogen and oxygen atoms in total. The third kappa shape index (κ3) is 2.89. The topological polar surface area (TPSA) is 17.1 Å². The highest BCUT2D eigenvalue weighted by Gasteiger charge is 2.11. The molecule has 0 aromatic heterocycles. The Kier molecular flexibility index (Phi) is 4.00. The van der Waals surface area contributed by atoms with E-state index in [1.165, 1.54) is 18.2 Å². The Morgan fingerprint density at radius 3 is 2.56 bits per heavy atom. The Morgan fingerprint density at radius 2 is 1.83 bits per heavy atom. The Bertz CT molecular complexity index is 596. The fourth-order valence-electron chi connectivity index (χ4n) is 1.62. The first-order chi connectivity index (χ1) is 8.58. The van der Waals surface area contributed by atoms with Crippen LogP contribution in [-0.4, -0.2) is 5.78 Å². The molecule has 0 spiro atoms. The zero-order valence-electron chi connectivity index (χ0n) is 9.29. The van der Waals surface area contributed by atoms with Crippen molar-refractivity contribution >= 4 is 29.0 Å². The monoisotopic (exact) mass is 282 g/mol. The Hall–Kier alpha value is -1.38. The molecule has 0 aliphatic carbocycles. The fraction of sp³-hybridized carbons (Fsp3) is 0.0714. The second-order valence-electron chi connectivity index (χ2n) is 3.82. The van der Waals surface area contributed by atoms with Gasteiger partial charge < -0.3 is 0 Å². The zero-order chi connectivity index (χ0) is 13.1. The lowest BCUT2D eigenvalue weighted by molar-refractivity contribution is 0.0992. The molecule has 0 atom stereocenters. The summed E-state index contributed by atoms with van der Waals surface area (Å²) >= 11 is 11.9. The summed E-state index contributed by atoms with van der Waals surface area (Å²) < 4.78 is 13.0. The molecule has 2 aromatic rings. The van der Waals surface area contributed by atoms with Crippen molar-refractivity contribution in [3.8, 4) is 0 Å². The molecule has 0 aliphatic heterocycles. The third-order valence-electron chi connectivity index (χ3n) is 2.53. The normalized spacial score (nSPS) is 10.4. The van der Waals surface area contributed by atoms with Gasteiger partial charge in [-0.15, -0.1) is 0 Å². The predicted octanol–water partition coefficient (Wildman–Crippen LogP) is 4.56. The molecule has 0 radical (unpaired) electrons. The summed E-state index contributed by atoms with van der Waals surface area (Å²) in [4.78, 5) is 12.0. The number of rotatable bonds is 3. The van der Waals surface area contributed by atoms with Crippen LogP contribution >= 0.6 is 23.2 Å². The molecule has 0 fully saturated rings.